The molecule has 0 heterocycles. The molecule has 1 aromatic carbocycles. The number of carbonyl (C=O) groups is 1. The molecule has 0 saturated carbocycles. The van der Waals surface area contributed by atoms with Gasteiger partial charge < -0.3 is 5.32 Å². The van der Waals surface area contributed by atoms with Crippen molar-refractivity contribution in [2.75, 3.05) is 13.7 Å². The van der Waals surface area contributed by atoms with Crippen LogP contribution >= 0.6 is 0 Å². The standard InChI is InChI=1S/C9H11N3O2/c1-12(11-14)7-10-9(13)8-5-3-2-4-6-8/h2-6H,7H2,1H3,(H,10,13). The first kappa shape index (κ1) is 10.2. The van der Waals surface area contributed by atoms with Crippen LogP contribution in [0.5, 0.6) is 0 Å². The molecule has 0 aliphatic heterocycles. The highest BCUT2D eigenvalue weighted by molar-refractivity contribution is 5.94. The highest BCUT2D eigenvalue weighted by atomic mass is 16.3. The van der Waals surface area contributed by atoms with E-state index in [2.05, 4.69) is 10.6 Å². The van der Waals surface area contributed by atoms with Gasteiger partial charge in [0.05, 0.1) is 5.29 Å². The summed E-state index contributed by atoms with van der Waals surface area (Å²) < 4.78 is 0. The highest BCUT2D eigenvalue weighted by Crippen LogP contribution is 1.97. The number of carbonyl (C=O) groups excluding carboxylic acids is 1. The van der Waals surface area contributed by atoms with Crippen LogP contribution in [-0.4, -0.2) is 24.6 Å². The molecule has 0 saturated heterocycles. The molecule has 14 heavy (non-hydrogen) atoms. The molecule has 0 spiro atoms. The summed E-state index contributed by atoms with van der Waals surface area (Å²) >= 11 is 0. The molecule has 0 atom stereocenters. The van der Waals surface area contributed by atoms with Gasteiger partial charge in [0.2, 0.25) is 0 Å². The van der Waals surface area contributed by atoms with Gasteiger partial charge in [0.1, 0.15) is 6.67 Å². The van der Waals surface area contributed by atoms with E-state index in [0.717, 1.165) is 5.01 Å². The van der Waals surface area contributed by atoms with Crippen LogP contribution in [0.15, 0.2) is 35.6 Å². The van der Waals surface area contributed by atoms with Crippen LogP contribution in [0.3, 0.4) is 0 Å². The molecule has 1 rings (SSSR count). The Labute approximate surface area is 81.7 Å². The van der Waals surface area contributed by atoms with Crippen molar-refractivity contribution in [3.63, 3.8) is 0 Å². The third-order valence-corrected chi connectivity index (χ3v) is 1.64. The molecule has 74 valence electrons. The third kappa shape index (κ3) is 2.85. The second kappa shape index (κ2) is 4.96. The summed E-state index contributed by atoms with van der Waals surface area (Å²) in [5.41, 5.74) is 0.562. The lowest BCUT2D eigenvalue weighted by molar-refractivity contribution is 0.0930. The van der Waals surface area contributed by atoms with Crippen LogP contribution in [0.4, 0.5) is 0 Å². The monoisotopic (exact) mass is 193 g/mol. The number of benzene rings is 1. The van der Waals surface area contributed by atoms with Gasteiger partial charge in [-0.1, -0.05) is 18.2 Å². The number of amides is 1. The van der Waals surface area contributed by atoms with E-state index in [1.807, 2.05) is 6.07 Å². The summed E-state index contributed by atoms with van der Waals surface area (Å²) in [6, 6.07) is 8.77. The van der Waals surface area contributed by atoms with Gasteiger partial charge in [-0.25, -0.2) is 5.01 Å². The van der Waals surface area contributed by atoms with E-state index in [-0.39, 0.29) is 12.6 Å². The van der Waals surface area contributed by atoms with E-state index in [1.54, 1.807) is 24.3 Å². The number of hydrogen-bond donors (Lipinski definition) is 1. The minimum absolute atomic E-state index is 0.108. The number of nitroso groups, excluding NO2 is 1. The fraction of sp³-hybridized carbons (Fsp3) is 0.222. The predicted octanol–water partition coefficient (Wildman–Crippen LogP) is 0.987. The Morgan fingerprint density at radius 1 is 1.43 bits per heavy atom. The van der Waals surface area contributed by atoms with Crippen molar-refractivity contribution in [1.82, 2.24) is 10.3 Å². The van der Waals surface area contributed by atoms with Gasteiger partial charge in [-0.05, 0) is 12.1 Å². The van der Waals surface area contributed by atoms with Crippen molar-refractivity contribution in [1.29, 1.82) is 0 Å². The van der Waals surface area contributed by atoms with Crippen molar-refractivity contribution in [2.45, 2.75) is 0 Å². The zero-order valence-corrected chi connectivity index (χ0v) is 7.80. The summed E-state index contributed by atoms with van der Waals surface area (Å²) in [7, 11) is 1.48. The largest absolute Gasteiger partial charge is 0.333 e. The minimum Gasteiger partial charge on any atom is -0.333 e. The zero-order valence-electron chi connectivity index (χ0n) is 7.80. The first-order chi connectivity index (χ1) is 6.74. The summed E-state index contributed by atoms with van der Waals surface area (Å²) in [6.45, 7) is 0.108. The molecule has 0 unspecified atom stereocenters. The average Bonchev–Trinajstić information content (AvgIpc) is 2.26. The van der Waals surface area contributed by atoms with Gasteiger partial charge in [-0.15, -0.1) is 4.91 Å². The maximum Gasteiger partial charge on any atom is 0.252 e. The molecular weight excluding hydrogens is 182 g/mol. The van der Waals surface area contributed by atoms with E-state index in [1.165, 1.54) is 7.05 Å². The van der Waals surface area contributed by atoms with Crippen molar-refractivity contribution < 1.29 is 4.79 Å². The fourth-order valence-electron chi connectivity index (χ4n) is 0.907. The van der Waals surface area contributed by atoms with Crippen molar-refractivity contribution >= 4 is 5.91 Å². The van der Waals surface area contributed by atoms with Gasteiger partial charge in [0.15, 0.2) is 0 Å². The number of rotatable bonds is 4. The molecule has 0 radical (unpaired) electrons. The lowest BCUT2D eigenvalue weighted by Crippen LogP contribution is -2.32. The van der Waals surface area contributed by atoms with Crippen LogP contribution in [0.2, 0.25) is 0 Å². The maximum absolute atomic E-state index is 11.4. The molecule has 5 heteroatoms. The highest BCUT2D eigenvalue weighted by Gasteiger charge is 2.03. The molecule has 1 aromatic rings. The zero-order chi connectivity index (χ0) is 10.4. The smallest absolute Gasteiger partial charge is 0.252 e. The van der Waals surface area contributed by atoms with Crippen molar-refractivity contribution in [2.24, 2.45) is 5.29 Å². The topological polar surface area (TPSA) is 61.8 Å². The number of hydrogen-bond acceptors (Lipinski definition) is 3. The maximum atomic E-state index is 11.4. The Kier molecular flexibility index (Phi) is 3.60. The minimum atomic E-state index is -0.221. The number of nitrogens with zero attached hydrogens (tertiary/aromatic N) is 2. The molecule has 1 N–H and O–H groups in total. The molecule has 0 aliphatic rings. The molecule has 0 bridgehead atoms. The molecule has 0 fully saturated rings. The van der Waals surface area contributed by atoms with Crippen LogP contribution in [0.1, 0.15) is 10.4 Å². The SMILES string of the molecule is CN(CNC(=O)c1ccccc1)N=O. The first-order valence-electron chi connectivity index (χ1n) is 4.11. The Bertz CT molecular complexity index is 313. The normalized spacial score (nSPS) is 9.21. The van der Waals surface area contributed by atoms with E-state index in [4.69, 9.17) is 0 Å². The van der Waals surface area contributed by atoms with Crippen molar-refractivity contribution in [3.05, 3.63) is 40.8 Å². The fourth-order valence-corrected chi connectivity index (χ4v) is 0.907. The second-order valence-electron chi connectivity index (χ2n) is 2.77. The summed E-state index contributed by atoms with van der Waals surface area (Å²) in [5.74, 6) is -0.221. The van der Waals surface area contributed by atoms with Crippen LogP contribution in [0, 0.1) is 4.91 Å². The molecule has 0 aromatic heterocycles. The average molecular weight is 193 g/mol. The molecular formula is C9H11N3O2. The summed E-state index contributed by atoms with van der Waals surface area (Å²) in [5, 5.41) is 6.26. The van der Waals surface area contributed by atoms with Crippen LogP contribution < -0.4 is 5.32 Å². The van der Waals surface area contributed by atoms with Gasteiger partial charge in [-0.3, -0.25) is 4.79 Å². The first-order valence-corrected chi connectivity index (χ1v) is 4.11. The van der Waals surface area contributed by atoms with Gasteiger partial charge in [0, 0.05) is 12.6 Å². The van der Waals surface area contributed by atoms with Gasteiger partial charge in [-0.2, -0.15) is 0 Å². The Hall–Kier alpha value is -1.91. The summed E-state index contributed by atoms with van der Waals surface area (Å²) in [4.78, 5) is 21.4. The lowest BCUT2D eigenvalue weighted by atomic mass is 10.2. The van der Waals surface area contributed by atoms with E-state index >= 15 is 0 Å². The molecule has 1 amide bonds. The Balaban J connectivity index is 2.47. The van der Waals surface area contributed by atoms with Crippen molar-refractivity contribution in [3.8, 4) is 0 Å². The van der Waals surface area contributed by atoms with E-state index in [0.29, 0.717) is 5.56 Å². The third-order valence-electron chi connectivity index (χ3n) is 1.64. The molecule has 0 aliphatic carbocycles. The second-order valence-corrected chi connectivity index (χ2v) is 2.77. The predicted molar refractivity (Wildman–Crippen MR) is 52.3 cm³/mol. The van der Waals surface area contributed by atoms with Crippen LogP contribution in [-0.2, 0) is 0 Å². The Morgan fingerprint density at radius 2 is 2.07 bits per heavy atom. The van der Waals surface area contributed by atoms with Gasteiger partial charge in [0.25, 0.3) is 5.91 Å². The van der Waals surface area contributed by atoms with E-state index in [9.17, 15) is 9.70 Å². The lowest BCUT2D eigenvalue weighted by Gasteiger charge is -2.09. The van der Waals surface area contributed by atoms with Gasteiger partial charge >= 0.3 is 0 Å². The summed E-state index contributed by atoms with van der Waals surface area (Å²) in [6.07, 6.45) is 0. The molecule has 5 nitrogen and oxygen atoms in total. The van der Waals surface area contributed by atoms with Crippen LogP contribution in [0.25, 0.3) is 0 Å². The Morgan fingerprint density at radius 3 is 2.64 bits per heavy atom. The quantitative estimate of drug-likeness (QED) is 0.440. The number of nitrogens with one attached hydrogen (secondary N) is 1. The van der Waals surface area contributed by atoms with E-state index < -0.39 is 0 Å².